The van der Waals surface area contributed by atoms with E-state index < -0.39 is 16.1 Å². The van der Waals surface area contributed by atoms with Gasteiger partial charge >= 0.3 is 0 Å². The van der Waals surface area contributed by atoms with E-state index in [4.69, 9.17) is 9.47 Å². The number of methoxy groups -OCH3 is 1. The Kier molecular flexibility index (Phi) is 6.58. The highest BCUT2D eigenvalue weighted by molar-refractivity contribution is 7.92. The van der Waals surface area contributed by atoms with E-state index in [1.165, 1.54) is 31.4 Å². The van der Waals surface area contributed by atoms with Gasteiger partial charge in [-0.2, -0.15) is 0 Å². The summed E-state index contributed by atoms with van der Waals surface area (Å²) in [7, 11) is -2.35. The lowest BCUT2D eigenvalue weighted by molar-refractivity contribution is -0.122. The lowest BCUT2D eigenvalue weighted by Crippen LogP contribution is -2.30. The fourth-order valence-electron chi connectivity index (χ4n) is 2.65. The molecular weight excluding hydrogens is 404 g/mol. The average molecular weight is 426 g/mol. The summed E-state index contributed by atoms with van der Waals surface area (Å²) in [6.45, 7) is 1.64. The zero-order valence-corrected chi connectivity index (χ0v) is 17.3. The van der Waals surface area contributed by atoms with Crippen LogP contribution in [0.4, 0.5) is 11.4 Å². The third-order valence-corrected chi connectivity index (χ3v) is 5.59. The molecule has 0 radical (unpaired) electrons. The molecule has 3 aromatic rings. The van der Waals surface area contributed by atoms with E-state index in [9.17, 15) is 13.2 Å². The van der Waals surface area contributed by atoms with Crippen molar-refractivity contribution >= 4 is 27.3 Å². The van der Waals surface area contributed by atoms with Crippen molar-refractivity contribution in [1.29, 1.82) is 0 Å². The summed E-state index contributed by atoms with van der Waals surface area (Å²) in [5.74, 6) is 0.656. The van der Waals surface area contributed by atoms with Gasteiger partial charge in [0, 0.05) is 5.69 Å². The molecule has 0 bridgehead atoms. The molecule has 0 heterocycles. The van der Waals surface area contributed by atoms with Gasteiger partial charge in [0.25, 0.3) is 15.9 Å². The van der Waals surface area contributed by atoms with Crippen molar-refractivity contribution in [2.45, 2.75) is 17.9 Å². The standard InChI is InChI=1S/C22H22N2O5S/c1-16(29-18-8-4-3-5-9-18)22(25)23-17-12-14-19(15-13-17)30(26,27)24-20-10-6-7-11-21(20)28-2/h3-16,24H,1-2H3,(H,23,25). The predicted molar refractivity (Wildman–Crippen MR) is 115 cm³/mol. The van der Waals surface area contributed by atoms with Gasteiger partial charge in [-0.15, -0.1) is 0 Å². The number of benzene rings is 3. The van der Waals surface area contributed by atoms with Crippen molar-refractivity contribution in [2.24, 2.45) is 0 Å². The Morgan fingerprint density at radius 1 is 0.900 bits per heavy atom. The smallest absolute Gasteiger partial charge is 0.265 e. The lowest BCUT2D eigenvalue weighted by atomic mass is 10.3. The van der Waals surface area contributed by atoms with Gasteiger partial charge in [0.1, 0.15) is 11.5 Å². The van der Waals surface area contributed by atoms with Crippen LogP contribution in [0.15, 0.2) is 83.8 Å². The van der Waals surface area contributed by atoms with Gasteiger partial charge < -0.3 is 14.8 Å². The Hall–Kier alpha value is -3.52. The van der Waals surface area contributed by atoms with Gasteiger partial charge in [-0.25, -0.2) is 8.42 Å². The summed E-state index contributed by atoms with van der Waals surface area (Å²) in [4.78, 5) is 12.4. The Bertz CT molecular complexity index is 1100. The van der Waals surface area contributed by atoms with E-state index in [-0.39, 0.29) is 10.8 Å². The van der Waals surface area contributed by atoms with E-state index in [0.717, 1.165) is 0 Å². The number of nitrogens with one attached hydrogen (secondary N) is 2. The van der Waals surface area contributed by atoms with Gasteiger partial charge in [-0.05, 0) is 55.5 Å². The zero-order valence-electron chi connectivity index (χ0n) is 16.5. The molecule has 1 atom stereocenters. The third-order valence-electron chi connectivity index (χ3n) is 4.21. The molecule has 0 aliphatic carbocycles. The molecule has 7 nitrogen and oxygen atoms in total. The number of sulfonamides is 1. The Morgan fingerprint density at radius 2 is 1.53 bits per heavy atom. The molecule has 0 fully saturated rings. The molecule has 3 rings (SSSR count). The molecule has 0 aromatic heterocycles. The zero-order chi connectivity index (χ0) is 21.6. The number of para-hydroxylation sites is 3. The molecule has 3 aromatic carbocycles. The molecule has 30 heavy (non-hydrogen) atoms. The van der Waals surface area contributed by atoms with Crippen LogP contribution in [0.2, 0.25) is 0 Å². The second kappa shape index (κ2) is 9.32. The molecule has 156 valence electrons. The van der Waals surface area contributed by atoms with E-state index >= 15 is 0 Å². The number of ether oxygens (including phenoxy) is 2. The van der Waals surface area contributed by atoms with Crippen LogP contribution < -0.4 is 19.5 Å². The lowest BCUT2D eigenvalue weighted by Gasteiger charge is -2.15. The average Bonchev–Trinajstić information content (AvgIpc) is 2.75. The maximum Gasteiger partial charge on any atom is 0.265 e. The first kappa shape index (κ1) is 21.2. The van der Waals surface area contributed by atoms with Crippen LogP contribution in [-0.4, -0.2) is 27.5 Å². The van der Waals surface area contributed by atoms with Crippen LogP contribution in [0, 0.1) is 0 Å². The van der Waals surface area contributed by atoms with Crippen molar-refractivity contribution in [1.82, 2.24) is 0 Å². The number of hydrogen-bond acceptors (Lipinski definition) is 5. The number of anilines is 2. The summed E-state index contributed by atoms with van der Waals surface area (Å²) in [6, 6.07) is 21.6. The van der Waals surface area contributed by atoms with Crippen LogP contribution in [0.3, 0.4) is 0 Å². The monoisotopic (exact) mass is 426 g/mol. The number of amides is 1. The van der Waals surface area contributed by atoms with Crippen LogP contribution in [0.25, 0.3) is 0 Å². The van der Waals surface area contributed by atoms with Crippen LogP contribution in [0.1, 0.15) is 6.92 Å². The van der Waals surface area contributed by atoms with E-state index in [0.29, 0.717) is 22.9 Å². The van der Waals surface area contributed by atoms with Crippen molar-refractivity contribution < 1.29 is 22.7 Å². The van der Waals surface area contributed by atoms with Gasteiger partial charge in [-0.1, -0.05) is 30.3 Å². The molecule has 0 aliphatic rings. The Morgan fingerprint density at radius 3 is 2.20 bits per heavy atom. The minimum atomic E-state index is -3.82. The highest BCUT2D eigenvalue weighted by Crippen LogP contribution is 2.26. The minimum Gasteiger partial charge on any atom is -0.495 e. The summed E-state index contributed by atoms with van der Waals surface area (Å²) in [5.41, 5.74) is 0.795. The Balaban J connectivity index is 1.66. The normalized spacial score (nSPS) is 11.9. The molecule has 1 unspecified atom stereocenters. The highest BCUT2D eigenvalue weighted by Gasteiger charge is 2.18. The van der Waals surface area contributed by atoms with E-state index in [1.54, 1.807) is 43.3 Å². The summed E-state index contributed by atoms with van der Waals surface area (Å²) >= 11 is 0. The largest absolute Gasteiger partial charge is 0.495 e. The molecule has 2 N–H and O–H groups in total. The summed E-state index contributed by atoms with van der Waals surface area (Å²) in [6.07, 6.45) is -0.719. The predicted octanol–water partition coefficient (Wildman–Crippen LogP) is 3.90. The van der Waals surface area contributed by atoms with Gasteiger partial charge in [0.15, 0.2) is 6.10 Å². The third kappa shape index (κ3) is 5.30. The molecule has 8 heteroatoms. The fraction of sp³-hybridized carbons (Fsp3) is 0.136. The van der Waals surface area contributed by atoms with E-state index in [1.807, 2.05) is 18.2 Å². The summed E-state index contributed by atoms with van der Waals surface area (Å²) in [5, 5.41) is 2.71. The molecule has 0 aliphatic heterocycles. The second-order valence-corrected chi connectivity index (χ2v) is 8.07. The van der Waals surface area contributed by atoms with Crippen molar-refractivity contribution in [3.05, 3.63) is 78.9 Å². The quantitative estimate of drug-likeness (QED) is 0.570. The van der Waals surface area contributed by atoms with Crippen LogP contribution in [-0.2, 0) is 14.8 Å². The second-order valence-electron chi connectivity index (χ2n) is 6.39. The fourth-order valence-corrected chi connectivity index (χ4v) is 3.72. The number of rotatable bonds is 8. The van der Waals surface area contributed by atoms with Crippen molar-refractivity contribution in [2.75, 3.05) is 17.1 Å². The first-order chi connectivity index (χ1) is 14.4. The molecule has 0 saturated carbocycles. The van der Waals surface area contributed by atoms with Crippen LogP contribution >= 0.6 is 0 Å². The maximum absolute atomic E-state index is 12.6. The number of carbonyl (C=O) groups excluding carboxylic acids is 1. The molecule has 0 saturated heterocycles. The maximum atomic E-state index is 12.6. The van der Waals surface area contributed by atoms with Gasteiger partial charge in [0.05, 0.1) is 17.7 Å². The molecular formula is C22H22N2O5S. The van der Waals surface area contributed by atoms with Crippen molar-refractivity contribution in [3.8, 4) is 11.5 Å². The van der Waals surface area contributed by atoms with Gasteiger partial charge in [-0.3, -0.25) is 9.52 Å². The van der Waals surface area contributed by atoms with Crippen LogP contribution in [0.5, 0.6) is 11.5 Å². The van der Waals surface area contributed by atoms with E-state index in [2.05, 4.69) is 10.0 Å². The van der Waals surface area contributed by atoms with Gasteiger partial charge in [0.2, 0.25) is 0 Å². The minimum absolute atomic E-state index is 0.0555. The number of carbonyl (C=O) groups is 1. The number of hydrogen-bond donors (Lipinski definition) is 2. The summed E-state index contributed by atoms with van der Waals surface area (Å²) < 4.78 is 38.5. The Labute approximate surface area is 175 Å². The first-order valence-electron chi connectivity index (χ1n) is 9.17. The molecule has 0 spiro atoms. The highest BCUT2D eigenvalue weighted by atomic mass is 32.2. The topological polar surface area (TPSA) is 93.7 Å². The molecule has 1 amide bonds. The SMILES string of the molecule is COc1ccccc1NS(=O)(=O)c1ccc(NC(=O)C(C)Oc2ccccc2)cc1. The van der Waals surface area contributed by atoms with Crippen molar-refractivity contribution in [3.63, 3.8) is 0 Å². The first-order valence-corrected chi connectivity index (χ1v) is 10.7.